The number of carbonyl (C=O) groups is 2. The lowest BCUT2D eigenvalue weighted by Gasteiger charge is -2.34. The van der Waals surface area contributed by atoms with E-state index in [1.807, 2.05) is 0 Å². The topological polar surface area (TPSA) is 89.0 Å². The smallest absolute Gasteiger partial charge is 0.289 e. The van der Waals surface area contributed by atoms with E-state index in [1.54, 1.807) is 47.2 Å². The fourth-order valence-electron chi connectivity index (χ4n) is 2.70. The Balaban J connectivity index is 1.64. The number of hydrogen-bond acceptors (Lipinski definition) is 5. The minimum atomic E-state index is -0.156. The highest BCUT2D eigenvalue weighted by atomic mass is 16.5. The van der Waals surface area contributed by atoms with Crippen LogP contribution in [0.1, 0.15) is 20.9 Å². The number of ether oxygens (including phenoxy) is 1. The summed E-state index contributed by atoms with van der Waals surface area (Å²) in [6, 6.07) is 8.32. The van der Waals surface area contributed by atoms with Crippen LogP contribution < -0.4 is 10.5 Å². The predicted molar refractivity (Wildman–Crippen MR) is 87.9 cm³/mol. The normalized spacial score (nSPS) is 14.5. The van der Waals surface area contributed by atoms with E-state index < -0.39 is 0 Å². The standard InChI is InChI=1S/C17H19N3O4/c1-23-12-4-5-13(14(18)11-12)16(21)19-6-8-20(9-7-19)17(22)15-3-2-10-24-15/h2-5,10-11H,6-9,18H2,1H3. The van der Waals surface area contributed by atoms with Gasteiger partial charge in [-0.1, -0.05) is 0 Å². The first kappa shape index (κ1) is 15.9. The van der Waals surface area contributed by atoms with Crippen molar-refractivity contribution in [2.75, 3.05) is 39.0 Å². The van der Waals surface area contributed by atoms with Crippen LogP contribution in [-0.4, -0.2) is 54.9 Å². The largest absolute Gasteiger partial charge is 0.497 e. The highest BCUT2D eigenvalue weighted by Crippen LogP contribution is 2.22. The third-order valence-corrected chi connectivity index (χ3v) is 4.08. The van der Waals surface area contributed by atoms with Gasteiger partial charge in [-0.15, -0.1) is 0 Å². The second-order valence-electron chi connectivity index (χ2n) is 5.51. The zero-order valence-corrected chi connectivity index (χ0v) is 13.4. The third-order valence-electron chi connectivity index (χ3n) is 4.08. The number of anilines is 1. The molecule has 7 heteroatoms. The van der Waals surface area contributed by atoms with Gasteiger partial charge >= 0.3 is 0 Å². The highest BCUT2D eigenvalue weighted by Gasteiger charge is 2.27. The first-order valence-electron chi connectivity index (χ1n) is 7.65. The summed E-state index contributed by atoms with van der Waals surface area (Å²) in [6.45, 7) is 1.83. The average molecular weight is 329 g/mol. The summed E-state index contributed by atoms with van der Waals surface area (Å²) >= 11 is 0. The molecule has 1 aliphatic heterocycles. The lowest BCUT2D eigenvalue weighted by Crippen LogP contribution is -2.50. The Morgan fingerprint density at radius 2 is 1.75 bits per heavy atom. The molecule has 2 N–H and O–H groups in total. The number of furan rings is 1. The minimum absolute atomic E-state index is 0.139. The molecule has 1 aromatic heterocycles. The lowest BCUT2D eigenvalue weighted by molar-refractivity contribution is 0.0518. The van der Waals surface area contributed by atoms with Crippen molar-refractivity contribution < 1.29 is 18.7 Å². The maximum absolute atomic E-state index is 12.6. The molecule has 0 saturated carbocycles. The van der Waals surface area contributed by atoms with E-state index in [1.165, 1.54) is 6.26 Å². The van der Waals surface area contributed by atoms with Crippen LogP contribution in [0.5, 0.6) is 5.75 Å². The first-order valence-corrected chi connectivity index (χ1v) is 7.65. The molecule has 0 spiro atoms. The molecule has 126 valence electrons. The second kappa shape index (κ2) is 6.66. The van der Waals surface area contributed by atoms with E-state index >= 15 is 0 Å². The van der Waals surface area contributed by atoms with Crippen LogP contribution in [0.15, 0.2) is 41.0 Å². The van der Waals surface area contributed by atoms with Gasteiger partial charge in [0.1, 0.15) is 5.75 Å². The van der Waals surface area contributed by atoms with Crippen LogP contribution in [0.3, 0.4) is 0 Å². The van der Waals surface area contributed by atoms with Crippen molar-refractivity contribution in [1.82, 2.24) is 9.80 Å². The molecule has 3 rings (SSSR count). The number of nitrogens with two attached hydrogens (primary N) is 1. The summed E-state index contributed by atoms with van der Waals surface area (Å²) in [5, 5.41) is 0. The van der Waals surface area contributed by atoms with Gasteiger partial charge in [0.25, 0.3) is 11.8 Å². The third kappa shape index (κ3) is 3.05. The molecule has 2 heterocycles. The van der Waals surface area contributed by atoms with E-state index in [-0.39, 0.29) is 11.8 Å². The van der Waals surface area contributed by atoms with Crippen molar-refractivity contribution in [3.05, 3.63) is 47.9 Å². The number of rotatable bonds is 3. The summed E-state index contributed by atoms with van der Waals surface area (Å²) in [5.41, 5.74) is 6.77. The molecule has 24 heavy (non-hydrogen) atoms. The Hall–Kier alpha value is -2.96. The molecule has 1 saturated heterocycles. The van der Waals surface area contributed by atoms with Crippen LogP contribution in [0.25, 0.3) is 0 Å². The van der Waals surface area contributed by atoms with Gasteiger partial charge in [-0.05, 0) is 24.3 Å². The number of hydrogen-bond donors (Lipinski definition) is 1. The van der Waals surface area contributed by atoms with Crippen LogP contribution in [-0.2, 0) is 0 Å². The number of piperazine rings is 1. The second-order valence-corrected chi connectivity index (χ2v) is 5.51. The van der Waals surface area contributed by atoms with Gasteiger partial charge in [-0.2, -0.15) is 0 Å². The van der Waals surface area contributed by atoms with Crippen LogP contribution in [0, 0.1) is 0 Å². The Morgan fingerprint density at radius 3 is 2.29 bits per heavy atom. The van der Waals surface area contributed by atoms with Gasteiger partial charge in [0, 0.05) is 37.9 Å². The summed E-state index contributed by atoms with van der Waals surface area (Å²) in [7, 11) is 1.55. The van der Waals surface area contributed by atoms with Crippen LogP contribution >= 0.6 is 0 Å². The lowest BCUT2D eigenvalue weighted by atomic mass is 10.1. The van der Waals surface area contributed by atoms with Gasteiger partial charge in [0.15, 0.2) is 5.76 Å². The molecule has 0 radical (unpaired) electrons. The van der Waals surface area contributed by atoms with Crippen molar-refractivity contribution in [3.8, 4) is 5.75 Å². The van der Waals surface area contributed by atoms with Gasteiger partial charge < -0.3 is 24.7 Å². The van der Waals surface area contributed by atoms with Crippen LogP contribution in [0.2, 0.25) is 0 Å². The number of nitrogen functional groups attached to an aromatic ring is 1. The van der Waals surface area contributed by atoms with E-state index in [9.17, 15) is 9.59 Å². The van der Waals surface area contributed by atoms with E-state index in [2.05, 4.69) is 0 Å². The highest BCUT2D eigenvalue weighted by molar-refractivity contribution is 5.99. The maximum atomic E-state index is 12.6. The number of benzene rings is 1. The summed E-state index contributed by atoms with van der Waals surface area (Å²) in [5.74, 6) is 0.628. The Labute approximate surface area is 139 Å². The molecular weight excluding hydrogens is 310 g/mol. The molecule has 0 aliphatic carbocycles. The van der Waals surface area contributed by atoms with Crippen molar-refractivity contribution in [1.29, 1.82) is 0 Å². The van der Waals surface area contributed by atoms with Gasteiger partial charge in [0.2, 0.25) is 0 Å². The Morgan fingerprint density at radius 1 is 1.08 bits per heavy atom. The van der Waals surface area contributed by atoms with E-state index in [4.69, 9.17) is 14.9 Å². The average Bonchev–Trinajstić information content (AvgIpc) is 3.15. The number of amides is 2. The quantitative estimate of drug-likeness (QED) is 0.861. The van der Waals surface area contributed by atoms with Gasteiger partial charge in [-0.25, -0.2) is 0 Å². The molecule has 1 fully saturated rings. The fourth-order valence-corrected chi connectivity index (χ4v) is 2.70. The molecule has 2 amide bonds. The van der Waals surface area contributed by atoms with Crippen molar-refractivity contribution in [3.63, 3.8) is 0 Å². The van der Waals surface area contributed by atoms with Crippen molar-refractivity contribution >= 4 is 17.5 Å². The van der Waals surface area contributed by atoms with Gasteiger partial charge in [0.05, 0.1) is 18.9 Å². The number of methoxy groups -OCH3 is 1. The fraction of sp³-hybridized carbons (Fsp3) is 0.294. The van der Waals surface area contributed by atoms with E-state index in [0.717, 1.165) is 0 Å². The van der Waals surface area contributed by atoms with E-state index in [0.29, 0.717) is 48.9 Å². The summed E-state index contributed by atoms with van der Waals surface area (Å²) in [4.78, 5) is 28.2. The molecule has 2 aromatic rings. The number of carbonyl (C=O) groups excluding carboxylic acids is 2. The predicted octanol–water partition coefficient (Wildman–Crippen LogP) is 1.47. The van der Waals surface area contributed by atoms with Crippen LogP contribution in [0.4, 0.5) is 5.69 Å². The molecule has 0 bridgehead atoms. The number of nitrogens with zero attached hydrogens (tertiary/aromatic N) is 2. The molecule has 0 unspecified atom stereocenters. The zero-order valence-electron chi connectivity index (χ0n) is 13.4. The molecule has 7 nitrogen and oxygen atoms in total. The SMILES string of the molecule is COc1ccc(C(=O)N2CCN(C(=O)c3ccco3)CC2)c(N)c1. The molecular formula is C17H19N3O4. The monoisotopic (exact) mass is 329 g/mol. The summed E-state index contributed by atoms with van der Waals surface area (Å²) in [6.07, 6.45) is 1.47. The maximum Gasteiger partial charge on any atom is 0.289 e. The zero-order chi connectivity index (χ0) is 17.1. The minimum Gasteiger partial charge on any atom is -0.497 e. The first-order chi connectivity index (χ1) is 11.6. The summed E-state index contributed by atoms with van der Waals surface area (Å²) < 4.78 is 10.2. The molecule has 0 atom stereocenters. The molecule has 1 aromatic carbocycles. The van der Waals surface area contributed by atoms with Crippen molar-refractivity contribution in [2.45, 2.75) is 0 Å². The Bertz CT molecular complexity index is 734. The molecule has 1 aliphatic rings. The Kier molecular flexibility index (Phi) is 4.41. The van der Waals surface area contributed by atoms with Gasteiger partial charge in [-0.3, -0.25) is 9.59 Å². The van der Waals surface area contributed by atoms with Crippen molar-refractivity contribution in [2.24, 2.45) is 0 Å².